The number of thioether (sulfide) groups is 1. The van der Waals surface area contributed by atoms with Gasteiger partial charge in [0.15, 0.2) is 0 Å². The van der Waals surface area contributed by atoms with Gasteiger partial charge >= 0.3 is 0 Å². The number of anilines is 1. The largest absolute Gasteiger partial charge is 0.346 e. The van der Waals surface area contributed by atoms with Crippen LogP contribution in [0.4, 0.5) is 5.69 Å². The minimum Gasteiger partial charge on any atom is -0.346 e. The lowest BCUT2D eigenvalue weighted by atomic mass is 10.1. The Morgan fingerprint density at radius 2 is 1.62 bits per heavy atom. The fraction of sp³-hybridized carbons (Fsp3) is 0.333. The fourth-order valence-corrected chi connectivity index (χ4v) is 3.66. The second kappa shape index (κ2) is 9.43. The van der Waals surface area contributed by atoms with Crippen molar-refractivity contribution in [2.45, 2.75) is 33.4 Å². The monoisotopic (exact) mass is 370 g/mol. The first kappa shape index (κ1) is 20.0. The molecule has 2 aromatic rings. The van der Waals surface area contributed by atoms with Crippen LogP contribution in [0.2, 0.25) is 0 Å². The highest BCUT2D eigenvalue weighted by Gasteiger charge is 2.10. The van der Waals surface area contributed by atoms with Crippen LogP contribution in [0.5, 0.6) is 0 Å². The molecule has 0 heterocycles. The van der Waals surface area contributed by atoms with Crippen molar-refractivity contribution >= 4 is 29.3 Å². The van der Waals surface area contributed by atoms with Gasteiger partial charge < -0.3 is 10.6 Å². The second-order valence-corrected chi connectivity index (χ2v) is 7.57. The molecular formula is C21H26N2O2S. The molecule has 0 saturated carbocycles. The van der Waals surface area contributed by atoms with Crippen molar-refractivity contribution in [2.24, 2.45) is 0 Å². The van der Waals surface area contributed by atoms with Crippen LogP contribution in [0.3, 0.4) is 0 Å². The highest BCUT2D eigenvalue weighted by molar-refractivity contribution is 7.99. The summed E-state index contributed by atoms with van der Waals surface area (Å²) in [6.45, 7) is 8.00. The van der Waals surface area contributed by atoms with Gasteiger partial charge in [-0.2, -0.15) is 0 Å². The van der Waals surface area contributed by atoms with Crippen molar-refractivity contribution in [3.8, 4) is 0 Å². The Morgan fingerprint density at radius 1 is 0.923 bits per heavy atom. The highest BCUT2D eigenvalue weighted by Crippen LogP contribution is 2.21. The van der Waals surface area contributed by atoms with E-state index >= 15 is 0 Å². The number of nitrogens with one attached hydrogen (secondary N) is 2. The number of rotatable bonds is 7. The van der Waals surface area contributed by atoms with E-state index in [1.165, 1.54) is 11.1 Å². The Kier molecular flexibility index (Phi) is 7.27. The molecule has 0 aliphatic carbocycles. The maximum Gasteiger partial charge on any atom is 0.243 e. The number of carbonyl (C=O) groups excluding carboxylic acids is 2. The topological polar surface area (TPSA) is 58.2 Å². The van der Waals surface area contributed by atoms with E-state index in [9.17, 15) is 9.59 Å². The molecule has 0 spiro atoms. The molecule has 0 atom stereocenters. The summed E-state index contributed by atoms with van der Waals surface area (Å²) in [7, 11) is 0. The molecule has 0 aliphatic rings. The summed E-state index contributed by atoms with van der Waals surface area (Å²) in [4.78, 5) is 24.0. The van der Waals surface area contributed by atoms with Gasteiger partial charge in [0.05, 0.1) is 12.3 Å². The predicted octanol–water partition coefficient (Wildman–Crippen LogP) is 3.91. The van der Waals surface area contributed by atoms with Crippen LogP contribution >= 0.6 is 11.8 Å². The maximum absolute atomic E-state index is 12.1. The van der Waals surface area contributed by atoms with E-state index in [0.717, 1.165) is 28.1 Å². The zero-order valence-electron chi connectivity index (χ0n) is 15.8. The van der Waals surface area contributed by atoms with Gasteiger partial charge in [-0.25, -0.2) is 0 Å². The zero-order valence-corrected chi connectivity index (χ0v) is 16.6. The van der Waals surface area contributed by atoms with Gasteiger partial charge in [0.1, 0.15) is 0 Å². The van der Waals surface area contributed by atoms with Gasteiger partial charge in [0, 0.05) is 11.4 Å². The predicted molar refractivity (Wildman–Crippen MR) is 110 cm³/mol. The minimum atomic E-state index is -0.211. The molecular weight excluding hydrogens is 344 g/mol. The molecule has 138 valence electrons. The molecule has 26 heavy (non-hydrogen) atoms. The first-order chi connectivity index (χ1) is 12.3. The van der Waals surface area contributed by atoms with E-state index in [-0.39, 0.29) is 18.4 Å². The van der Waals surface area contributed by atoms with E-state index in [2.05, 4.69) is 35.8 Å². The highest BCUT2D eigenvalue weighted by atomic mass is 32.2. The average molecular weight is 371 g/mol. The smallest absolute Gasteiger partial charge is 0.243 e. The van der Waals surface area contributed by atoms with Crippen LogP contribution in [-0.4, -0.2) is 24.1 Å². The van der Waals surface area contributed by atoms with Crippen LogP contribution in [0.25, 0.3) is 0 Å². The zero-order chi connectivity index (χ0) is 19.1. The molecule has 5 heteroatoms. The third-order valence-electron chi connectivity index (χ3n) is 3.97. The number of hydrogen-bond acceptors (Lipinski definition) is 3. The van der Waals surface area contributed by atoms with E-state index < -0.39 is 0 Å². The quantitative estimate of drug-likeness (QED) is 0.777. The number of hydrogen-bond donors (Lipinski definition) is 2. The Bertz CT molecular complexity index is 779. The molecule has 2 amide bonds. The van der Waals surface area contributed by atoms with Gasteiger partial charge in [0.2, 0.25) is 11.8 Å². The van der Waals surface area contributed by atoms with E-state index in [1.807, 2.05) is 39.0 Å². The van der Waals surface area contributed by atoms with Gasteiger partial charge in [-0.15, -0.1) is 11.8 Å². The van der Waals surface area contributed by atoms with Crippen molar-refractivity contribution in [1.82, 2.24) is 5.32 Å². The molecule has 0 bridgehead atoms. The Hall–Kier alpha value is -2.27. The lowest BCUT2D eigenvalue weighted by Crippen LogP contribution is -2.34. The summed E-state index contributed by atoms with van der Waals surface area (Å²) in [5.41, 5.74) is 6.45. The number of aryl methyl sites for hydroxylation is 4. The van der Waals surface area contributed by atoms with Gasteiger partial charge in [-0.05, 0) is 44.4 Å². The second-order valence-electron chi connectivity index (χ2n) is 6.58. The SMILES string of the molecule is Cc1cccc(CSCC(=O)NCC(=O)Nc2c(C)cc(C)cc2C)c1. The molecule has 2 rings (SSSR count). The van der Waals surface area contributed by atoms with Crippen molar-refractivity contribution in [3.05, 3.63) is 64.2 Å². The standard InChI is InChI=1S/C21H26N2O2S/c1-14-6-5-7-18(10-14)12-26-13-20(25)22-11-19(24)23-21-16(3)8-15(2)9-17(21)4/h5-10H,11-13H2,1-4H3,(H,22,25)(H,23,24). The molecule has 2 aromatic carbocycles. The lowest BCUT2D eigenvalue weighted by molar-refractivity contribution is -0.122. The Balaban J connectivity index is 1.74. The van der Waals surface area contributed by atoms with E-state index in [1.54, 1.807) is 11.8 Å². The van der Waals surface area contributed by atoms with Gasteiger partial charge in [-0.3, -0.25) is 9.59 Å². The summed E-state index contributed by atoms with van der Waals surface area (Å²) in [5, 5.41) is 5.57. The Labute approximate surface area is 159 Å². The van der Waals surface area contributed by atoms with Gasteiger partial charge in [-0.1, -0.05) is 47.5 Å². The van der Waals surface area contributed by atoms with Crippen LogP contribution < -0.4 is 10.6 Å². The number of amides is 2. The lowest BCUT2D eigenvalue weighted by Gasteiger charge is -2.13. The Morgan fingerprint density at radius 3 is 2.27 bits per heavy atom. The summed E-state index contributed by atoms with van der Waals surface area (Å²) in [6.07, 6.45) is 0. The van der Waals surface area contributed by atoms with Crippen molar-refractivity contribution < 1.29 is 9.59 Å². The number of carbonyl (C=O) groups is 2. The molecule has 0 aliphatic heterocycles. The third-order valence-corrected chi connectivity index (χ3v) is 4.98. The summed E-state index contributed by atoms with van der Waals surface area (Å²) in [5.74, 6) is 0.777. The average Bonchev–Trinajstić information content (AvgIpc) is 2.56. The summed E-state index contributed by atoms with van der Waals surface area (Å²) < 4.78 is 0. The fourth-order valence-electron chi connectivity index (χ4n) is 2.85. The summed E-state index contributed by atoms with van der Waals surface area (Å²) in [6, 6.07) is 12.3. The van der Waals surface area contributed by atoms with E-state index in [0.29, 0.717) is 5.75 Å². The third kappa shape index (κ3) is 6.23. The first-order valence-corrected chi connectivity index (χ1v) is 9.78. The first-order valence-electron chi connectivity index (χ1n) is 8.63. The van der Waals surface area contributed by atoms with Gasteiger partial charge in [0.25, 0.3) is 0 Å². The number of benzene rings is 2. The minimum absolute atomic E-state index is 0.0173. The van der Waals surface area contributed by atoms with Crippen molar-refractivity contribution in [2.75, 3.05) is 17.6 Å². The van der Waals surface area contributed by atoms with Crippen LogP contribution in [0.1, 0.15) is 27.8 Å². The van der Waals surface area contributed by atoms with Crippen LogP contribution in [0.15, 0.2) is 36.4 Å². The van der Waals surface area contributed by atoms with Crippen molar-refractivity contribution in [1.29, 1.82) is 0 Å². The maximum atomic E-state index is 12.1. The molecule has 0 aromatic heterocycles. The molecule has 0 saturated heterocycles. The van der Waals surface area contributed by atoms with E-state index in [4.69, 9.17) is 0 Å². The molecule has 0 radical (unpaired) electrons. The molecule has 4 nitrogen and oxygen atoms in total. The normalized spacial score (nSPS) is 10.5. The molecule has 2 N–H and O–H groups in total. The van der Waals surface area contributed by atoms with Crippen molar-refractivity contribution in [3.63, 3.8) is 0 Å². The van der Waals surface area contributed by atoms with Crippen LogP contribution in [-0.2, 0) is 15.3 Å². The summed E-state index contributed by atoms with van der Waals surface area (Å²) >= 11 is 1.54. The molecule has 0 fully saturated rings. The van der Waals surface area contributed by atoms with Crippen LogP contribution in [0, 0.1) is 27.7 Å². The molecule has 0 unspecified atom stereocenters.